The number of hydrogen-bond acceptors (Lipinski definition) is 4. The lowest BCUT2D eigenvalue weighted by atomic mass is 10.2. The predicted octanol–water partition coefficient (Wildman–Crippen LogP) is 2.48. The molecule has 0 amide bonds. The zero-order valence-corrected chi connectivity index (χ0v) is 10.2. The molecule has 19 heavy (non-hydrogen) atoms. The fourth-order valence-corrected chi connectivity index (χ4v) is 1.82. The molecule has 0 aliphatic carbocycles. The lowest BCUT2D eigenvalue weighted by Gasteiger charge is -2.07. The Morgan fingerprint density at radius 2 is 2.05 bits per heavy atom. The lowest BCUT2D eigenvalue weighted by Crippen LogP contribution is -2.01. The van der Waals surface area contributed by atoms with Crippen LogP contribution in [0.3, 0.4) is 0 Å². The molecule has 2 N–H and O–H groups in total. The second kappa shape index (κ2) is 5.30. The molecule has 94 valence electrons. The summed E-state index contributed by atoms with van der Waals surface area (Å²) in [6.45, 7) is 0.695. The van der Waals surface area contributed by atoms with Crippen LogP contribution < -0.4 is 5.32 Å². The highest BCUT2D eigenvalue weighted by molar-refractivity contribution is 5.61. The molecule has 0 fully saturated rings. The maximum Gasteiger partial charge on any atom is 0.155 e. The second-order valence-corrected chi connectivity index (χ2v) is 4.09. The number of rotatable bonds is 4. The van der Waals surface area contributed by atoms with E-state index in [1.165, 1.54) is 6.33 Å². The first-order valence-corrected chi connectivity index (χ1v) is 6.01. The second-order valence-electron chi connectivity index (χ2n) is 4.09. The third-order valence-corrected chi connectivity index (χ3v) is 2.75. The van der Waals surface area contributed by atoms with Gasteiger partial charge in [-0.2, -0.15) is 5.10 Å². The molecule has 0 unspecified atom stereocenters. The number of nitrogens with zero attached hydrogens (tertiary/aromatic N) is 3. The van der Waals surface area contributed by atoms with E-state index in [-0.39, 0.29) is 0 Å². The standard InChI is InChI=1S/C14H13N5/c1-2-7-15-13(5-1)9-16-12-6-3-4-11(8-12)14-17-10-18-19-14/h1-8,10,16H,9H2,(H,17,18,19). The summed E-state index contributed by atoms with van der Waals surface area (Å²) in [6, 6.07) is 13.9. The molecule has 2 heterocycles. The van der Waals surface area contributed by atoms with Gasteiger partial charge in [-0.3, -0.25) is 10.1 Å². The SMILES string of the molecule is c1ccc(CNc2cccc(-c3ncn[nH]3)c2)nc1. The van der Waals surface area contributed by atoms with Crippen molar-refractivity contribution in [1.82, 2.24) is 20.2 Å². The summed E-state index contributed by atoms with van der Waals surface area (Å²) in [7, 11) is 0. The van der Waals surface area contributed by atoms with E-state index in [0.29, 0.717) is 6.54 Å². The Morgan fingerprint density at radius 1 is 1.05 bits per heavy atom. The van der Waals surface area contributed by atoms with Gasteiger partial charge in [-0.25, -0.2) is 4.98 Å². The average Bonchev–Trinajstić information content (AvgIpc) is 3.01. The van der Waals surface area contributed by atoms with Crippen LogP contribution in [0.25, 0.3) is 11.4 Å². The molecular formula is C14H13N5. The van der Waals surface area contributed by atoms with Crippen molar-refractivity contribution in [3.8, 4) is 11.4 Å². The molecular weight excluding hydrogens is 238 g/mol. The Kier molecular flexibility index (Phi) is 3.18. The number of nitrogens with one attached hydrogen (secondary N) is 2. The van der Waals surface area contributed by atoms with Crippen molar-refractivity contribution in [3.05, 3.63) is 60.7 Å². The Hall–Kier alpha value is -2.69. The van der Waals surface area contributed by atoms with Crippen LogP contribution in [-0.4, -0.2) is 20.2 Å². The van der Waals surface area contributed by atoms with Gasteiger partial charge >= 0.3 is 0 Å². The van der Waals surface area contributed by atoms with E-state index in [9.17, 15) is 0 Å². The van der Waals surface area contributed by atoms with E-state index >= 15 is 0 Å². The van der Waals surface area contributed by atoms with E-state index in [1.54, 1.807) is 6.20 Å². The van der Waals surface area contributed by atoms with Crippen molar-refractivity contribution in [1.29, 1.82) is 0 Å². The first-order chi connectivity index (χ1) is 9.42. The molecule has 5 nitrogen and oxygen atoms in total. The predicted molar refractivity (Wildman–Crippen MR) is 73.4 cm³/mol. The molecule has 0 aliphatic rings. The van der Waals surface area contributed by atoms with Crippen molar-refractivity contribution in [2.75, 3.05) is 5.32 Å². The largest absolute Gasteiger partial charge is 0.379 e. The van der Waals surface area contributed by atoms with Crippen LogP contribution in [-0.2, 0) is 6.54 Å². The molecule has 0 saturated heterocycles. The summed E-state index contributed by atoms with van der Waals surface area (Å²) < 4.78 is 0. The summed E-state index contributed by atoms with van der Waals surface area (Å²) >= 11 is 0. The maximum atomic E-state index is 4.28. The molecule has 1 aromatic carbocycles. The Labute approximate surface area is 110 Å². The van der Waals surface area contributed by atoms with Crippen LogP contribution in [0.5, 0.6) is 0 Å². The van der Waals surface area contributed by atoms with Gasteiger partial charge in [-0.05, 0) is 24.3 Å². The number of aromatic nitrogens is 4. The summed E-state index contributed by atoms with van der Waals surface area (Å²) in [5, 5.41) is 10.0. The quantitative estimate of drug-likeness (QED) is 0.747. The molecule has 3 rings (SSSR count). The van der Waals surface area contributed by atoms with E-state index in [1.807, 2.05) is 42.5 Å². The zero-order valence-electron chi connectivity index (χ0n) is 10.2. The van der Waals surface area contributed by atoms with Crippen LogP contribution in [0.15, 0.2) is 55.0 Å². The number of hydrogen-bond donors (Lipinski definition) is 2. The van der Waals surface area contributed by atoms with Crippen molar-refractivity contribution >= 4 is 5.69 Å². The van der Waals surface area contributed by atoms with E-state index in [4.69, 9.17) is 0 Å². The van der Waals surface area contributed by atoms with Gasteiger partial charge in [0, 0.05) is 17.4 Å². The Bertz CT molecular complexity index is 634. The normalized spacial score (nSPS) is 10.3. The monoisotopic (exact) mass is 251 g/mol. The summed E-state index contributed by atoms with van der Waals surface area (Å²) in [4.78, 5) is 8.41. The highest BCUT2D eigenvalue weighted by Crippen LogP contribution is 2.18. The van der Waals surface area contributed by atoms with E-state index < -0.39 is 0 Å². The van der Waals surface area contributed by atoms with Gasteiger partial charge in [0.2, 0.25) is 0 Å². The third kappa shape index (κ3) is 2.77. The number of anilines is 1. The van der Waals surface area contributed by atoms with E-state index in [0.717, 1.165) is 22.8 Å². The maximum absolute atomic E-state index is 4.28. The molecule has 2 aromatic heterocycles. The van der Waals surface area contributed by atoms with Gasteiger partial charge in [0.05, 0.1) is 12.2 Å². The van der Waals surface area contributed by atoms with Gasteiger partial charge in [0.1, 0.15) is 6.33 Å². The first-order valence-electron chi connectivity index (χ1n) is 6.01. The Morgan fingerprint density at radius 3 is 2.84 bits per heavy atom. The van der Waals surface area contributed by atoms with Crippen LogP contribution in [0.1, 0.15) is 5.69 Å². The lowest BCUT2D eigenvalue weighted by molar-refractivity contribution is 1.05. The van der Waals surface area contributed by atoms with Crippen LogP contribution in [0.4, 0.5) is 5.69 Å². The number of H-pyrrole nitrogens is 1. The van der Waals surface area contributed by atoms with Crippen LogP contribution >= 0.6 is 0 Å². The molecule has 0 aliphatic heterocycles. The van der Waals surface area contributed by atoms with Crippen molar-refractivity contribution in [2.24, 2.45) is 0 Å². The third-order valence-electron chi connectivity index (χ3n) is 2.75. The average molecular weight is 251 g/mol. The van der Waals surface area contributed by atoms with Crippen LogP contribution in [0.2, 0.25) is 0 Å². The minimum Gasteiger partial charge on any atom is -0.379 e. The van der Waals surface area contributed by atoms with E-state index in [2.05, 4.69) is 25.5 Å². The van der Waals surface area contributed by atoms with Crippen molar-refractivity contribution in [3.63, 3.8) is 0 Å². The van der Waals surface area contributed by atoms with Gasteiger partial charge in [0.15, 0.2) is 5.82 Å². The first kappa shape index (κ1) is 11.4. The fourth-order valence-electron chi connectivity index (χ4n) is 1.82. The highest BCUT2D eigenvalue weighted by Gasteiger charge is 2.01. The highest BCUT2D eigenvalue weighted by atomic mass is 15.2. The van der Waals surface area contributed by atoms with Crippen LogP contribution in [0, 0.1) is 0 Å². The number of benzene rings is 1. The molecule has 0 radical (unpaired) electrons. The topological polar surface area (TPSA) is 66.5 Å². The van der Waals surface area contributed by atoms with Gasteiger partial charge < -0.3 is 5.32 Å². The summed E-state index contributed by atoms with van der Waals surface area (Å²) in [5.41, 5.74) is 3.04. The number of aromatic amines is 1. The van der Waals surface area contributed by atoms with Crippen molar-refractivity contribution < 1.29 is 0 Å². The Balaban J connectivity index is 1.74. The molecule has 3 aromatic rings. The van der Waals surface area contributed by atoms with Gasteiger partial charge in [-0.15, -0.1) is 0 Å². The minimum absolute atomic E-state index is 0.695. The zero-order chi connectivity index (χ0) is 12.9. The van der Waals surface area contributed by atoms with Gasteiger partial charge in [0.25, 0.3) is 0 Å². The minimum atomic E-state index is 0.695. The van der Waals surface area contributed by atoms with Gasteiger partial charge in [-0.1, -0.05) is 18.2 Å². The molecule has 0 spiro atoms. The van der Waals surface area contributed by atoms with Crippen molar-refractivity contribution in [2.45, 2.75) is 6.54 Å². The number of pyridine rings is 1. The summed E-state index contributed by atoms with van der Waals surface area (Å²) in [5.74, 6) is 0.765. The molecule has 5 heteroatoms. The molecule has 0 bridgehead atoms. The summed E-state index contributed by atoms with van der Waals surface area (Å²) in [6.07, 6.45) is 3.30. The smallest absolute Gasteiger partial charge is 0.155 e. The molecule has 0 saturated carbocycles. The molecule has 0 atom stereocenters. The fraction of sp³-hybridized carbons (Fsp3) is 0.0714.